The molecular formula is C15H13F2NO. The molecule has 0 aliphatic carbocycles. The first kappa shape index (κ1) is 12.1. The first-order valence-electron chi connectivity index (χ1n) is 5.98. The van der Waals surface area contributed by atoms with Crippen LogP contribution in [0.5, 0.6) is 0 Å². The zero-order valence-corrected chi connectivity index (χ0v) is 10.3. The number of benzene rings is 2. The van der Waals surface area contributed by atoms with Gasteiger partial charge in [-0.1, -0.05) is 48.5 Å². The van der Waals surface area contributed by atoms with E-state index in [0.717, 1.165) is 0 Å². The molecule has 0 spiro atoms. The Bertz CT molecular complexity index is 615. The minimum atomic E-state index is -3.36. The summed E-state index contributed by atoms with van der Waals surface area (Å²) in [6.07, 6.45) is 0. The molecule has 1 aliphatic rings. The van der Waals surface area contributed by atoms with Crippen LogP contribution in [0.3, 0.4) is 0 Å². The monoisotopic (exact) mass is 261 g/mol. The lowest BCUT2D eigenvalue weighted by atomic mass is 9.94. The van der Waals surface area contributed by atoms with Crippen LogP contribution in [-0.2, 0) is 11.6 Å². The highest BCUT2D eigenvalue weighted by Crippen LogP contribution is 2.56. The number of rotatable bonds is 1. The van der Waals surface area contributed by atoms with Crippen LogP contribution in [-0.4, -0.2) is 12.2 Å². The summed E-state index contributed by atoms with van der Waals surface area (Å²) in [7, 11) is 1.48. The van der Waals surface area contributed by atoms with Gasteiger partial charge in [-0.15, -0.1) is 0 Å². The Morgan fingerprint density at radius 2 is 1.53 bits per heavy atom. The normalized spacial score (nSPS) is 24.3. The van der Waals surface area contributed by atoms with E-state index in [-0.39, 0.29) is 11.1 Å². The average Bonchev–Trinajstić information content (AvgIpc) is 2.60. The highest BCUT2D eigenvalue weighted by molar-refractivity contribution is 5.64. The van der Waals surface area contributed by atoms with E-state index in [1.807, 2.05) is 0 Å². The van der Waals surface area contributed by atoms with E-state index in [1.165, 1.54) is 30.1 Å². The third-order valence-electron chi connectivity index (χ3n) is 3.70. The second kappa shape index (κ2) is 3.78. The van der Waals surface area contributed by atoms with Crippen molar-refractivity contribution in [2.24, 2.45) is 0 Å². The lowest BCUT2D eigenvalue weighted by Gasteiger charge is -2.36. The van der Waals surface area contributed by atoms with Crippen molar-refractivity contribution in [3.8, 4) is 0 Å². The molecule has 0 amide bonds. The molecule has 19 heavy (non-hydrogen) atoms. The van der Waals surface area contributed by atoms with Crippen molar-refractivity contribution in [3.63, 3.8) is 0 Å². The molecule has 3 rings (SSSR count). The van der Waals surface area contributed by atoms with Gasteiger partial charge < -0.3 is 10.0 Å². The smallest absolute Gasteiger partial charge is 0.326 e. The van der Waals surface area contributed by atoms with Crippen LogP contribution in [0.1, 0.15) is 11.1 Å². The average molecular weight is 261 g/mol. The van der Waals surface area contributed by atoms with E-state index in [2.05, 4.69) is 0 Å². The Hall–Kier alpha value is -1.94. The van der Waals surface area contributed by atoms with Crippen molar-refractivity contribution >= 4 is 5.69 Å². The number of alkyl halides is 2. The van der Waals surface area contributed by atoms with Crippen LogP contribution < -0.4 is 4.90 Å². The van der Waals surface area contributed by atoms with Crippen LogP contribution in [0.2, 0.25) is 0 Å². The summed E-state index contributed by atoms with van der Waals surface area (Å²) in [6, 6.07) is 14.2. The minimum Gasteiger partial charge on any atom is -0.362 e. The summed E-state index contributed by atoms with van der Waals surface area (Å²) >= 11 is 0. The summed E-state index contributed by atoms with van der Waals surface area (Å²) in [6.45, 7) is 0. The number of fused-ring (bicyclic) bond motifs is 1. The summed E-state index contributed by atoms with van der Waals surface area (Å²) in [5, 5.41) is 10.7. The number of hydrogen-bond acceptors (Lipinski definition) is 2. The molecule has 0 radical (unpaired) electrons. The number of aliphatic hydroxyl groups is 1. The van der Waals surface area contributed by atoms with Gasteiger partial charge in [0.25, 0.3) is 0 Å². The second-order valence-electron chi connectivity index (χ2n) is 4.69. The third-order valence-corrected chi connectivity index (χ3v) is 3.70. The Morgan fingerprint density at radius 1 is 0.947 bits per heavy atom. The van der Waals surface area contributed by atoms with Crippen molar-refractivity contribution in [3.05, 3.63) is 65.7 Å². The lowest BCUT2D eigenvalue weighted by Crippen LogP contribution is -2.50. The maximum absolute atomic E-state index is 14.6. The number of nitrogens with zero attached hydrogens (tertiary/aromatic N) is 1. The van der Waals surface area contributed by atoms with E-state index < -0.39 is 11.6 Å². The minimum absolute atomic E-state index is 0.149. The highest BCUT2D eigenvalue weighted by Gasteiger charge is 2.64. The first-order chi connectivity index (χ1) is 8.99. The number of halogens is 2. The van der Waals surface area contributed by atoms with Gasteiger partial charge in [-0.25, -0.2) is 0 Å². The molecule has 1 N–H and O–H groups in total. The topological polar surface area (TPSA) is 23.5 Å². The Kier molecular flexibility index (Phi) is 2.41. The molecular weight excluding hydrogens is 248 g/mol. The van der Waals surface area contributed by atoms with Crippen molar-refractivity contribution in [2.75, 3.05) is 11.9 Å². The van der Waals surface area contributed by atoms with E-state index in [4.69, 9.17) is 0 Å². The van der Waals surface area contributed by atoms with E-state index in [0.29, 0.717) is 5.69 Å². The fourth-order valence-electron chi connectivity index (χ4n) is 2.65. The van der Waals surface area contributed by atoms with E-state index >= 15 is 0 Å². The van der Waals surface area contributed by atoms with Gasteiger partial charge in [0.2, 0.25) is 5.72 Å². The molecule has 98 valence electrons. The fourth-order valence-corrected chi connectivity index (χ4v) is 2.65. The molecule has 1 aliphatic heterocycles. The summed E-state index contributed by atoms with van der Waals surface area (Å²) in [5.74, 6) is -3.36. The lowest BCUT2D eigenvalue weighted by molar-refractivity contribution is -0.182. The van der Waals surface area contributed by atoms with Gasteiger partial charge in [0.05, 0.1) is 0 Å². The molecule has 0 fully saturated rings. The molecule has 0 saturated carbocycles. The van der Waals surface area contributed by atoms with Gasteiger partial charge in [0, 0.05) is 23.9 Å². The molecule has 1 heterocycles. The van der Waals surface area contributed by atoms with Crippen molar-refractivity contribution in [2.45, 2.75) is 11.6 Å². The molecule has 2 aromatic rings. The predicted molar refractivity (Wildman–Crippen MR) is 69.1 cm³/mol. The number of likely N-dealkylation sites (N-methyl/N-ethyl adjacent to an activating group) is 1. The predicted octanol–water partition coefficient (Wildman–Crippen LogP) is 3.07. The van der Waals surface area contributed by atoms with Crippen LogP contribution in [0.25, 0.3) is 0 Å². The van der Waals surface area contributed by atoms with Crippen molar-refractivity contribution < 1.29 is 13.9 Å². The Balaban J connectivity index is 2.25. The molecule has 0 aromatic heterocycles. The van der Waals surface area contributed by atoms with Gasteiger partial charge in [0.1, 0.15) is 0 Å². The van der Waals surface area contributed by atoms with Gasteiger partial charge in [-0.2, -0.15) is 8.78 Å². The van der Waals surface area contributed by atoms with Gasteiger partial charge in [0.15, 0.2) is 0 Å². The first-order valence-corrected chi connectivity index (χ1v) is 5.98. The third kappa shape index (κ3) is 1.37. The summed E-state index contributed by atoms with van der Waals surface area (Å²) < 4.78 is 29.3. The van der Waals surface area contributed by atoms with E-state index in [9.17, 15) is 13.9 Å². The molecule has 0 unspecified atom stereocenters. The van der Waals surface area contributed by atoms with Crippen LogP contribution >= 0.6 is 0 Å². The summed E-state index contributed by atoms with van der Waals surface area (Å²) in [5.41, 5.74) is -1.97. The quantitative estimate of drug-likeness (QED) is 0.852. The maximum atomic E-state index is 14.6. The molecule has 4 heteroatoms. The van der Waals surface area contributed by atoms with Crippen LogP contribution in [0.4, 0.5) is 14.5 Å². The van der Waals surface area contributed by atoms with Crippen LogP contribution in [0, 0.1) is 0 Å². The number of anilines is 1. The standard InChI is InChI=1S/C15H13F2NO/c1-18-13-10-6-5-9-12(13)14(16,17)15(18,19)11-7-3-2-4-8-11/h2-10,19H,1H3/t15-/m0/s1. The second-order valence-corrected chi connectivity index (χ2v) is 4.69. The number of para-hydroxylation sites is 1. The molecule has 0 saturated heterocycles. The SMILES string of the molecule is CN1c2ccccc2C(F)(F)[C@@]1(O)c1ccccc1. The Labute approximate surface area is 109 Å². The van der Waals surface area contributed by atoms with Gasteiger partial charge in [-0.05, 0) is 6.07 Å². The molecule has 2 aromatic carbocycles. The van der Waals surface area contributed by atoms with Gasteiger partial charge in [-0.3, -0.25) is 0 Å². The van der Waals surface area contributed by atoms with Crippen molar-refractivity contribution in [1.82, 2.24) is 0 Å². The number of hydrogen-bond donors (Lipinski definition) is 1. The van der Waals surface area contributed by atoms with Gasteiger partial charge >= 0.3 is 5.92 Å². The van der Waals surface area contributed by atoms with E-state index in [1.54, 1.807) is 36.4 Å². The molecule has 2 nitrogen and oxygen atoms in total. The summed E-state index contributed by atoms with van der Waals surface area (Å²) in [4.78, 5) is 1.23. The van der Waals surface area contributed by atoms with Crippen LogP contribution in [0.15, 0.2) is 54.6 Å². The zero-order chi connectivity index (χ0) is 13.7. The molecule has 0 bridgehead atoms. The fraction of sp³-hybridized carbons (Fsp3) is 0.200. The Morgan fingerprint density at radius 3 is 2.16 bits per heavy atom. The maximum Gasteiger partial charge on any atom is 0.326 e. The van der Waals surface area contributed by atoms with Crippen molar-refractivity contribution in [1.29, 1.82) is 0 Å². The highest BCUT2D eigenvalue weighted by atomic mass is 19.3. The largest absolute Gasteiger partial charge is 0.362 e. The zero-order valence-electron chi connectivity index (χ0n) is 10.3. The molecule has 1 atom stereocenters.